The molecule has 3 aromatic rings. The van der Waals surface area contributed by atoms with E-state index in [1.165, 1.54) is 25.3 Å². The number of nitro benzene ring substituents is 1. The zero-order chi connectivity index (χ0) is 21.7. The molecule has 0 saturated heterocycles. The topological polar surface area (TPSA) is 128 Å². The van der Waals surface area contributed by atoms with E-state index in [1.54, 1.807) is 30.3 Å². The lowest BCUT2D eigenvalue weighted by Crippen LogP contribution is -2.18. The Morgan fingerprint density at radius 2 is 1.67 bits per heavy atom. The van der Waals surface area contributed by atoms with Gasteiger partial charge >= 0.3 is 0 Å². The van der Waals surface area contributed by atoms with Crippen molar-refractivity contribution in [2.45, 2.75) is 4.90 Å². The molecular weight excluding hydrogens is 410 g/mol. The lowest BCUT2D eigenvalue weighted by Gasteiger charge is -2.14. The fourth-order valence-corrected chi connectivity index (χ4v) is 3.67. The maximum atomic E-state index is 12.8. The molecule has 9 nitrogen and oxygen atoms in total. The Hall–Kier alpha value is -3.92. The molecule has 0 heterocycles. The summed E-state index contributed by atoms with van der Waals surface area (Å²) in [4.78, 5) is 22.7. The summed E-state index contributed by atoms with van der Waals surface area (Å²) < 4.78 is 33.0. The van der Waals surface area contributed by atoms with Gasteiger partial charge in [-0.2, -0.15) is 0 Å². The third-order valence-corrected chi connectivity index (χ3v) is 5.49. The van der Waals surface area contributed by atoms with Gasteiger partial charge in [0.1, 0.15) is 5.75 Å². The van der Waals surface area contributed by atoms with Crippen molar-refractivity contribution >= 4 is 33.0 Å². The monoisotopic (exact) mass is 427 g/mol. The van der Waals surface area contributed by atoms with Crippen molar-refractivity contribution in [3.63, 3.8) is 0 Å². The maximum Gasteiger partial charge on any atom is 0.269 e. The van der Waals surface area contributed by atoms with E-state index < -0.39 is 20.9 Å². The molecule has 0 bridgehead atoms. The summed E-state index contributed by atoms with van der Waals surface area (Å²) in [7, 11) is -2.71. The SMILES string of the molecule is COc1ccc(C(=O)Nc2ccccc2)c(NS(=O)(=O)c2ccc([N+](=O)[O-])cc2)c1. The van der Waals surface area contributed by atoms with E-state index in [4.69, 9.17) is 4.74 Å². The summed E-state index contributed by atoms with van der Waals surface area (Å²) in [6, 6.07) is 17.4. The van der Waals surface area contributed by atoms with Crippen molar-refractivity contribution in [2.24, 2.45) is 0 Å². The molecule has 10 heteroatoms. The van der Waals surface area contributed by atoms with Gasteiger partial charge in [0.05, 0.1) is 28.2 Å². The largest absolute Gasteiger partial charge is 0.497 e. The first kappa shape index (κ1) is 20.8. The molecule has 154 valence electrons. The summed E-state index contributed by atoms with van der Waals surface area (Å²) in [5.74, 6) is -0.182. The summed E-state index contributed by atoms with van der Waals surface area (Å²) in [5, 5.41) is 13.5. The molecule has 3 aromatic carbocycles. The Morgan fingerprint density at radius 3 is 2.27 bits per heavy atom. The number of amides is 1. The molecule has 1 amide bonds. The average molecular weight is 427 g/mol. The van der Waals surface area contributed by atoms with Gasteiger partial charge in [-0.3, -0.25) is 19.6 Å². The Bertz CT molecular complexity index is 1180. The summed E-state index contributed by atoms with van der Waals surface area (Å²) in [5.41, 5.74) is 0.382. The van der Waals surface area contributed by atoms with Gasteiger partial charge in [-0.15, -0.1) is 0 Å². The molecule has 0 saturated carbocycles. The number of anilines is 2. The summed E-state index contributed by atoms with van der Waals surface area (Å²) >= 11 is 0. The Kier molecular flexibility index (Phi) is 5.98. The number of sulfonamides is 1. The molecule has 0 aromatic heterocycles. The number of methoxy groups -OCH3 is 1. The van der Waals surface area contributed by atoms with E-state index in [1.807, 2.05) is 0 Å². The molecule has 0 fully saturated rings. The highest BCUT2D eigenvalue weighted by Gasteiger charge is 2.21. The van der Waals surface area contributed by atoms with Gasteiger partial charge in [-0.1, -0.05) is 18.2 Å². The first-order valence-corrected chi connectivity index (χ1v) is 10.1. The maximum absolute atomic E-state index is 12.8. The Balaban J connectivity index is 1.93. The van der Waals surface area contributed by atoms with Crippen LogP contribution in [0.25, 0.3) is 0 Å². The standard InChI is InChI=1S/C20H17N3O6S/c1-29-16-9-12-18(20(24)21-14-5-3-2-4-6-14)19(13-16)22-30(27,28)17-10-7-15(8-11-17)23(25)26/h2-13,22H,1H3,(H,21,24). The van der Waals surface area contributed by atoms with Crippen molar-refractivity contribution in [2.75, 3.05) is 17.1 Å². The number of para-hydroxylation sites is 1. The molecule has 0 aliphatic rings. The third kappa shape index (κ3) is 4.73. The van der Waals surface area contributed by atoms with Crippen LogP contribution in [0.5, 0.6) is 5.75 Å². The second-order valence-corrected chi connectivity index (χ2v) is 7.77. The number of benzene rings is 3. The second-order valence-electron chi connectivity index (χ2n) is 6.09. The number of nitro groups is 1. The number of carbonyl (C=O) groups excluding carboxylic acids is 1. The molecule has 3 rings (SSSR count). The van der Waals surface area contributed by atoms with Crippen molar-refractivity contribution in [3.8, 4) is 5.75 Å². The highest BCUT2D eigenvalue weighted by Crippen LogP contribution is 2.27. The summed E-state index contributed by atoms with van der Waals surface area (Å²) in [6.45, 7) is 0. The molecule has 0 spiro atoms. The van der Waals surface area contributed by atoms with Gasteiger partial charge in [0.2, 0.25) is 0 Å². The minimum absolute atomic E-state index is 0.00105. The first-order chi connectivity index (χ1) is 14.3. The Labute approximate surface area is 172 Å². The quantitative estimate of drug-likeness (QED) is 0.437. The number of ether oxygens (including phenoxy) is 1. The fraction of sp³-hybridized carbons (Fsp3) is 0.0500. The van der Waals surface area contributed by atoms with Gasteiger partial charge in [0, 0.05) is 23.9 Å². The van der Waals surface area contributed by atoms with Crippen molar-refractivity contribution in [3.05, 3.63) is 88.5 Å². The number of nitrogens with zero attached hydrogens (tertiary/aromatic N) is 1. The molecule has 2 N–H and O–H groups in total. The second kappa shape index (κ2) is 8.62. The fourth-order valence-electron chi connectivity index (χ4n) is 2.60. The van der Waals surface area contributed by atoms with E-state index >= 15 is 0 Å². The van der Waals surface area contributed by atoms with E-state index in [0.717, 1.165) is 24.3 Å². The van der Waals surface area contributed by atoms with Gasteiger partial charge in [0.15, 0.2) is 0 Å². The van der Waals surface area contributed by atoms with E-state index in [2.05, 4.69) is 10.0 Å². The Morgan fingerprint density at radius 1 is 1.00 bits per heavy atom. The number of rotatable bonds is 7. The van der Waals surface area contributed by atoms with Crippen LogP contribution in [-0.4, -0.2) is 26.4 Å². The zero-order valence-electron chi connectivity index (χ0n) is 15.7. The van der Waals surface area contributed by atoms with E-state index in [9.17, 15) is 23.3 Å². The van der Waals surface area contributed by atoms with Crippen LogP contribution in [0.2, 0.25) is 0 Å². The summed E-state index contributed by atoms with van der Waals surface area (Å²) in [6.07, 6.45) is 0. The van der Waals surface area contributed by atoms with Gasteiger partial charge in [-0.05, 0) is 36.4 Å². The average Bonchev–Trinajstić information content (AvgIpc) is 2.74. The molecular formula is C20H17N3O6S. The molecule has 0 atom stereocenters. The number of hydrogen-bond acceptors (Lipinski definition) is 6. The minimum Gasteiger partial charge on any atom is -0.497 e. The molecule has 0 unspecified atom stereocenters. The molecule has 0 aliphatic carbocycles. The van der Waals surface area contributed by atoms with Crippen LogP contribution in [-0.2, 0) is 10.0 Å². The first-order valence-electron chi connectivity index (χ1n) is 8.62. The van der Waals surface area contributed by atoms with Crippen molar-refractivity contribution < 1.29 is 22.9 Å². The zero-order valence-corrected chi connectivity index (χ0v) is 16.5. The number of non-ortho nitro benzene ring substituents is 1. The van der Waals surface area contributed by atoms with Crippen LogP contribution in [0.3, 0.4) is 0 Å². The van der Waals surface area contributed by atoms with Crippen LogP contribution in [0.15, 0.2) is 77.7 Å². The smallest absolute Gasteiger partial charge is 0.269 e. The van der Waals surface area contributed by atoms with E-state index in [0.29, 0.717) is 11.4 Å². The van der Waals surface area contributed by atoms with Gasteiger partial charge < -0.3 is 10.1 Å². The van der Waals surface area contributed by atoms with Crippen LogP contribution < -0.4 is 14.8 Å². The van der Waals surface area contributed by atoms with E-state index in [-0.39, 0.29) is 21.8 Å². The molecule has 0 aliphatic heterocycles. The molecule has 0 radical (unpaired) electrons. The highest BCUT2D eigenvalue weighted by atomic mass is 32.2. The van der Waals surface area contributed by atoms with Gasteiger partial charge in [-0.25, -0.2) is 8.42 Å². The third-order valence-electron chi connectivity index (χ3n) is 4.11. The highest BCUT2D eigenvalue weighted by molar-refractivity contribution is 7.92. The number of nitrogens with one attached hydrogen (secondary N) is 2. The van der Waals surface area contributed by atoms with Crippen LogP contribution in [0, 0.1) is 10.1 Å². The number of hydrogen-bond donors (Lipinski definition) is 2. The minimum atomic E-state index is -4.12. The van der Waals surface area contributed by atoms with Gasteiger partial charge in [0.25, 0.3) is 21.6 Å². The predicted octanol–water partition coefficient (Wildman–Crippen LogP) is 3.66. The number of carbonyl (C=O) groups is 1. The lowest BCUT2D eigenvalue weighted by molar-refractivity contribution is -0.384. The lowest BCUT2D eigenvalue weighted by atomic mass is 10.1. The molecule has 30 heavy (non-hydrogen) atoms. The predicted molar refractivity (Wildman–Crippen MR) is 111 cm³/mol. The van der Waals surface area contributed by atoms with Crippen LogP contribution >= 0.6 is 0 Å². The normalized spacial score (nSPS) is 10.8. The van der Waals surface area contributed by atoms with Crippen molar-refractivity contribution in [1.29, 1.82) is 0 Å². The van der Waals surface area contributed by atoms with Crippen LogP contribution in [0.4, 0.5) is 17.1 Å². The van der Waals surface area contributed by atoms with Crippen molar-refractivity contribution in [1.82, 2.24) is 0 Å². The van der Waals surface area contributed by atoms with Crippen LogP contribution in [0.1, 0.15) is 10.4 Å².